The van der Waals surface area contributed by atoms with Crippen molar-refractivity contribution in [3.63, 3.8) is 0 Å². The Kier molecular flexibility index (Phi) is 6.08. The van der Waals surface area contributed by atoms with Crippen LogP contribution in [0.2, 0.25) is 0 Å². The maximum Gasteiger partial charge on any atom is 0.342 e. The number of hydrogen-bond acceptors (Lipinski definition) is 7. The molecular formula is C19H17FN2O4S. The highest BCUT2D eigenvalue weighted by Crippen LogP contribution is 2.25. The van der Waals surface area contributed by atoms with Crippen LogP contribution < -0.4 is 4.74 Å². The lowest BCUT2D eigenvalue weighted by molar-refractivity contribution is 0.0444. The molecule has 2 aromatic heterocycles. The first-order chi connectivity index (χ1) is 13.1. The van der Waals surface area contributed by atoms with Gasteiger partial charge in [0, 0.05) is 0 Å². The molecule has 2 heterocycles. The molecule has 6 nitrogen and oxygen atoms in total. The standard InChI is InChI=1S/C19H17FN2O4S/c1-12-16(18(27-2)22-17(21-12)15-4-3-9-25-15)19(23)26-11-10-24-14-7-5-13(20)6-8-14/h3-9H,10-11H2,1-2H3. The summed E-state index contributed by atoms with van der Waals surface area (Å²) in [6, 6.07) is 9.11. The van der Waals surface area contributed by atoms with Crippen molar-refractivity contribution in [3.05, 3.63) is 59.7 Å². The lowest BCUT2D eigenvalue weighted by atomic mass is 10.2. The molecule has 0 atom stereocenters. The predicted octanol–water partition coefficient (Wildman–Crippen LogP) is 4.14. The normalized spacial score (nSPS) is 10.6. The van der Waals surface area contributed by atoms with Crippen molar-refractivity contribution in [2.24, 2.45) is 0 Å². The molecule has 27 heavy (non-hydrogen) atoms. The van der Waals surface area contributed by atoms with Crippen LogP contribution in [0.5, 0.6) is 5.75 Å². The van der Waals surface area contributed by atoms with Gasteiger partial charge in [0.2, 0.25) is 0 Å². The number of benzene rings is 1. The van der Waals surface area contributed by atoms with E-state index in [2.05, 4.69) is 9.97 Å². The smallest absolute Gasteiger partial charge is 0.342 e. The van der Waals surface area contributed by atoms with Crippen LogP contribution in [0.1, 0.15) is 16.1 Å². The summed E-state index contributed by atoms with van der Waals surface area (Å²) in [5, 5.41) is 0.512. The lowest BCUT2D eigenvalue weighted by Crippen LogP contribution is -2.16. The van der Waals surface area contributed by atoms with Crippen LogP contribution in [0.15, 0.2) is 52.1 Å². The van der Waals surface area contributed by atoms with Crippen molar-refractivity contribution in [2.45, 2.75) is 11.9 Å². The van der Waals surface area contributed by atoms with Gasteiger partial charge in [0.1, 0.15) is 35.4 Å². The molecule has 0 N–H and O–H groups in total. The maximum atomic E-state index is 12.9. The topological polar surface area (TPSA) is 74.5 Å². The number of rotatable bonds is 7. The molecule has 0 spiro atoms. The Morgan fingerprint density at radius 1 is 1.19 bits per heavy atom. The van der Waals surface area contributed by atoms with E-state index in [9.17, 15) is 9.18 Å². The zero-order chi connectivity index (χ0) is 19.2. The zero-order valence-electron chi connectivity index (χ0n) is 14.8. The van der Waals surface area contributed by atoms with Gasteiger partial charge in [0.15, 0.2) is 11.6 Å². The fourth-order valence-electron chi connectivity index (χ4n) is 2.34. The second-order valence-corrected chi connectivity index (χ2v) is 6.23. The minimum absolute atomic E-state index is 0.0450. The third-order valence-corrected chi connectivity index (χ3v) is 4.28. The van der Waals surface area contributed by atoms with E-state index in [0.29, 0.717) is 33.6 Å². The molecule has 0 unspecified atom stereocenters. The molecule has 140 valence electrons. The Bertz CT molecular complexity index is 914. The molecule has 8 heteroatoms. The molecule has 0 bridgehead atoms. The van der Waals surface area contributed by atoms with Gasteiger partial charge in [-0.2, -0.15) is 0 Å². The number of nitrogens with zero attached hydrogens (tertiary/aromatic N) is 2. The van der Waals surface area contributed by atoms with Gasteiger partial charge in [-0.15, -0.1) is 11.8 Å². The number of ether oxygens (including phenoxy) is 2. The van der Waals surface area contributed by atoms with Gasteiger partial charge in [-0.05, 0) is 49.6 Å². The number of carbonyl (C=O) groups excluding carboxylic acids is 1. The Labute approximate surface area is 159 Å². The summed E-state index contributed by atoms with van der Waals surface area (Å²) in [5.74, 6) is 0.580. The summed E-state index contributed by atoms with van der Waals surface area (Å²) in [7, 11) is 0. The highest BCUT2D eigenvalue weighted by molar-refractivity contribution is 7.98. The molecule has 0 fully saturated rings. The summed E-state index contributed by atoms with van der Waals surface area (Å²) >= 11 is 1.33. The van der Waals surface area contributed by atoms with E-state index in [-0.39, 0.29) is 19.0 Å². The highest BCUT2D eigenvalue weighted by Gasteiger charge is 2.21. The van der Waals surface area contributed by atoms with Gasteiger partial charge < -0.3 is 13.9 Å². The van der Waals surface area contributed by atoms with Crippen molar-refractivity contribution >= 4 is 17.7 Å². The molecule has 0 saturated heterocycles. The summed E-state index contributed by atoms with van der Waals surface area (Å²) < 4.78 is 28.8. The molecule has 0 saturated carbocycles. The fourth-order valence-corrected chi connectivity index (χ4v) is 2.96. The van der Waals surface area contributed by atoms with Crippen LogP contribution in [0.4, 0.5) is 4.39 Å². The van der Waals surface area contributed by atoms with Crippen molar-refractivity contribution in [2.75, 3.05) is 19.5 Å². The number of aromatic nitrogens is 2. The van der Waals surface area contributed by atoms with Crippen LogP contribution in [0.3, 0.4) is 0 Å². The summed E-state index contributed by atoms with van der Waals surface area (Å²) in [5.41, 5.74) is 0.824. The highest BCUT2D eigenvalue weighted by atomic mass is 32.2. The Balaban J connectivity index is 1.64. The number of hydrogen-bond donors (Lipinski definition) is 0. The minimum atomic E-state index is -0.523. The number of halogens is 1. The number of thioether (sulfide) groups is 1. The molecule has 3 rings (SSSR count). The van der Waals surface area contributed by atoms with Gasteiger partial charge in [0.25, 0.3) is 0 Å². The van der Waals surface area contributed by atoms with E-state index >= 15 is 0 Å². The number of furan rings is 1. The van der Waals surface area contributed by atoms with Gasteiger partial charge in [-0.1, -0.05) is 0 Å². The Morgan fingerprint density at radius 3 is 2.63 bits per heavy atom. The maximum absolute atomic E-state index is 12.9. The molecular weight excluding hydrogens is 371 g/mol. The molecule has 0 aliphatic carbocycles. The van der Waals surface area contributed by atoms with Gasteiger partial charge >= 0.3 is 5.97 Å². The predicted molar refractivity (Wildman–Crippen MR) is 98.4 cm³/mol. The quantitative estimate of drug-likeness (QED) is 0.261. The van der Waals surface area contributed by atoms with Crippen LogP contribution in [-0.2, 0) is 4.74 Å². The van der Waals surface area contributed by atoms with Crippen molar-refractivity contribution in [1.29, 1.82) is 0 Å². The van der Waals surface area contributed by atoms with Gasteiger partial charge in [0.05, 0.1) is 12.0 Å². The van der Waals surface area contributed by atoms with Crippen molar-refractivity contribution in [3.8, 4) is 17.3 Å². The first kappa shape index (κ1) is 18.9. The number of carbonyl (C=O) groups is 1. The monoisotopic (exact) mass is 388 g/mol. The van der Waals surface area contributed by atoms with E-state index < -0.39 is 5.97 Å². The minimum Gasteiger partial charge on any atom is -0.490 e. The van der Waals surface area contributed by atoms with E-state index in [0.717, 1.165) is 0 Å². The molecule has 0 aliphatic rings. The number of aryl methyl sites for hydroxylation is 1. The number of esters is 1. The Morgan fingerprint density at radius 2 is 1.96 bits per heavy atom. The second kappa shape index (κ2) is 8.68. The summed E-state index contributed by atoms with van der Waals surface area (Å²) in [6.45, 7) is 1.92. The SMILES string of the molecule is CSc1nc(-c2ccco2)nc(C)c1C(=O)OCCOc1ccc(F)cc1. The average molecular weight is 388 g/mol. The molecule has 0 amide bonds. The van der Waals surface area contributed by atoms with Crippen molar-refractivity contribution in [1.82, 2.24) is 9.97 Å². The average Bonchev–Trinajstić information content (AvgIpc) is 3.20. The fraction of sp³-hybridized carbons (Fsp3) is 0.211. The molecule has 0 radical (unpaired) electrons. The van der Waals surface area contributed by atoms with E-state index in [1.165, 1.54) is 42.3 Å². The first-order valence-corrected chi connectivity index (χ1v) is 9.33. The molecule has 1 aromatic carbocycles. The molecule has 0 aliphatic heterocycles. The second-order valence-electron chi connectivity index (χ2n) is 5.43. The zero-order valence-corrected chi connectivity index (χ0v) is 15.6. The Hall–Kier alpha value is -2.87. The van der Waals surface area contributed by atoms with E-state index in [1.54, 1.807) is 19.1 Å². The van der Waals surface area contributed by atoms with Crippen LogP contribution >= 0.6 is 11.8 Å². The van der Waals surface area contributed by atoms with Gasteiger partial charge in [-0.25, -0.2) is 19.2 Å². The van der Waals surface area contributed by atoms with Crippen LogP contribution in [0, 0.1) is 12.7 Å². The van der Waals surface area contributed by atoms with Crippen LogP contribution in [-0.4, -0.2) is 35.4 Å². The third-order valence-electron chi connectivity index (χ3n) is 3.59. The largest absolute Gasteiger partial charge is 0.490 e. The van der Waals surface area contributed by atoms with E-state index in [1.807, 2.05) is 6.26 Å². The first-order valence-electron chi connectivity index (χ1n) is 8.10. The van der Waals surface area contributed by atoms with Crippen LogP contribution in [0.25, 0.3) is 11.6 Å². The summed E-state index contributed by atoms with van der Waals surface area (Å²) in [6.07, 6.45) is 3.36. The third kappa shape index (κ3) is 4.65. The van der Waals surface area contributed by atoms with E-state index in [4.69, 9.17) is 13.9 Å². The lowest BCUT2D eigenvalue weighted by Gasteiger charge is -2.11. The van der Waals surface area contributed by atoms with Crippen molar-refractivity contribution < 1.29 is 23.1 Å². The van der Waals surface area contributed by atoms with Gasteiger partial charge in [-0.3, -0.25) is 0 Å². The summed E-state index contributed by atoms with van der Waals surface area (Å²) in [4.78, 5) is 21.2. The molecule has 3 aromatic rings.